The monoisotopic (exact) mass is 1810 g/mol. The summed E-state index contributed by atoms with van der Waals surface area (Å²) in [6.07, 6.45) is 37.4. The van der Waals surface area contributed by atoms with Crippen molar-refractivity contribution < 1.29 is 62.1 Å². The lowest BCUT2D eigenvalue weighted by Crippen LogP contribution is -2.21. The van der Waals surface area contributed by atoms with Crippen LogP contribution >= 0.6 is 11.6 Å². The average Bonchev–Trinajstić information content (AvgIpc) is 1.88. The minimum Gasteiger partial charge on any atom is -0.380 e. The lowest BCUT2D eigenvalue weighted by molar-refractivity contribution is 0.209. The number of benzene rings is 7. The Bertz CT molecular complexity index is 5160. The van der Waals surface area contributed by atoms with E-state index in [1.54, 1.807) is 123 Å². The Morgan fingerprint density at radius 1 is 0.282 bits per heavy atom. The Morgan fingerprint density at radius 3 is 0.672 bits per heavy atom. The summed E-state index contributed by atoms with van der Waals surface area (Å²) in [7, 11) is 0. The highest BCUT2D eigenvalue weighted by atomic mass is 35.5. The Morgan fingerprint density at radius 2 is 0.481 bits per heavy atom. The van der Waals surface area contributed by atoms with Crippen LogP contribution in [0, 0.1) is 34.9 Å². The van der Waals surface area contributed by atoms with Gasteiger partial charge in [-0.05, 0) is 135 Å². The van der Waals surface area contributed by atoms with Gasteiger partial charge < -0.3 is 100 Å². The average molecular weight is 1810 g/mol. The number of aromatic nitrogens is 14. The molecule has 14 N–H and O–H groups in total. The molecule has 7 aromatic heterocycles. The number of nitrogens with zero attached hydrogens (tertiary/aromatic N) is 13. The molecule has 0 saturated carbocycles. The number of aliphatic hydroxyl groups excluding tert-OH is 7. The number of imidazole rings is 7. The van der Waals surface area contributed by atoms with Crippen LogP contribution in [0.25, 0.3) is 0 Å². The van der Waals surface area contributed by atoms with Gasteiger partial charge in [-0.3, -0.25) is 0 Å². The van der Waals surface area contributed by atoms with Crippen molar-refractivity contribution in [2.75, 3.05) is 108 Å². The summed E-state index contributed by atoms with van der Waals surface area (Å²) < 4.78 is 80.8. The topological polar surface area (TPSA) is 362 Å². The molecule has 0 aliphatic carbocycles. The maximum absolute atomic E-state index is 13.5. The molecule has 3 saturated heterocycles. The zero-order valence-corrected chi connectivity index (χ0v) is 72.7. The SMILES string of the molecule is CCCc1c(Cl)cccc1C(O)c1ncc[nH]1.OC(c1ncc[nH]1)c1ccc(F)cc1N1CC=CC1.OC(c1ncc[nH]1)c1ccc(F)cc1N1CC=CC1.OC(c1ncc[nH]1)c1ccc(F)cc1N1CC=CC1.OC(c1ncc[nH]1)c1ccc(F)cc1N1CCCC1.OC(c1ncc[nH]1)c1ccc(F)cc1N1CCCC1.OC(c1ncc[nH]1)c1ccc(F)cc1N1CCCC1. The number of hydrogen-bond donors (Lipinski definition) is 14. The molecule has 34 heteroatoms. The van der Waals surface area contributed by atoms with Crippen LogP contribution in [0.3, 0.4) is 0 Å². The molecule has 14 aromatic rings. The number of anilines is 6. The molecule has 27 nitrogen and oxygen atoms in total. The molecule has 0 bridgehead atoms. The Hall–Kier alpha value is -13.4. The van der Waals surface area contributed by atoms with Gasteiger partial charge in [0.05, 0.1) is 0 Å². The molecule has 7 unspecified atom stereocenters. The van der Waals surface area contributed by atoms with Gasteiger partial charge in [-0.1, -0.05) is 110 Å². The third kappa shape index (κ3) is 24.0. The van der Waals surface area contributed by atoms with E-state index in [9.17, 15) is 62.1 Å². The van der Waals surface area contributed by atoms with E-state index in [0.29, 0.717) is 96.2 Å². The predicted molar refractivity (Wildman–Crippen MR) is 491 cm³/mol. The normalized spacial score (nSPS) is 15.9. The molecule has 7 aromatic carbocycles. The molecule has 6 aliphatic rings. The Balaban J connectivity index is 0.000000123. The summed E-state index contributed by atoms with van der Waals surface area (Å²) in [5.74, 6) is 1.59. The molecule has 6 aliphatic heterocycles. The van der Waals surface area contributed by atoms with E-state index in [0.717, 1.165) is 158 Å². The smallest absolute Gasteiger partial charge is 0.139 e. The minimum atomic E-state index is -0.883. The van der Waals surface area contributed by atoms with Crippen LogP contribution in [0.1, 0.15) is 180 Å². The van der Waals surface area contributed by atoms with Crippen molar-refractivity contribution in [2.45, 2.75) is 101 Å². The summed E-state index contributed by atoms with van der Waals surface area (Å²) in [4.78, 5) is 61.0. The molecule has 0 radical (unpaired) electrons. The lowest BCUT2D eigenvalue weighted by Gasteiger charge is -2.23. The highest BCUT2D eigenvalue weighted by Crippen LogP contribution is 2.40. The molecule has 3 fully saturated rings. The second-order valence-corrected chi connectivity index (χ2v) is 32.0. The van der Waals surface area contributed by atoms with Crippen molar-refractivity contribution in [1.29, 1.82) is 0 Å². The second kappa shape index (κ2) is 45.7. The number of halogens is 7. The van der Waals surface area contributed by atoms with Gasteiger partial charge >= 0.3 is 0 Å². The molecule has 684 valence electrons. The zero-order valence-electron chi connectivity index (χ0n) is 71.9. The standard InChI is InChI=1S/3C14H16FN3O.3C14H14FN3O.C13H15ClN2O/c6*15-10-3-4-11(13(19)14-16-5-6-17-14)12(9-10)18-7-1-2-8-18;1-2-4-9-10(5-3-6-11(9)14)12(17)13-15-7-8-16-13/h3*3-6,9,13,19H,1-2,7-8H2,(H,16,17);3*1-6,9,13,19H,7-8H2,(H,16,17);3,5-8,12,17H,2,4H2,1H3,(H,15,16). The van der Waals surface area contributed by atoms with Crippen molar-refractivity contribution >= 4 is 45.7 Å². The number of aromatic amines is 7. The quantitative estimate of drug-likeness (QED) is 0.0221. The summed E-state index contributed by atoms with van der Waals surface area (Å²) in [6.45, 7) is 11.9. The van der Waals surface area contributed by atoms with Crippen molar-refractivity contribution in [1.82, 2.24) is 69.8 Å². The molecule has 131 heavy (non-hydrogen) atoms. The first-order valence-corrected chi connectivity index (χ1v) is 43.8. The van der Waals surface area contributed by atoms with Gasteiger partial charge in [-0.25, -0.2) is 61.2 Å². The third-order valence-corrected chi connectivity index (χ3v) is 23.3. The Kier molecular flexibility index (Phi) is 32.7. The van der Waals surface area contributed by atoms with E-state index in [-0.39, 0.29) is 34.9 Å². The summed E-state index contributed by atoms with van der Waals surface area (Å²) in [6, 6.07) is 32.4. The van der Waals surface area contributed by atoms with E-state index in [1.807, 2.05) is 69.4 Å². The summed E-state index contributed by atoms with van der Waals surface area (Å²) in [5.41, 5.74) is 10.3. The fourth-order valence-electron chi connectivity index (χ4n) is 16.4. The number of nitrogens with one attached hydrogen (secondary N) is 7. The summed E-state index contributed by atoms with van der Waals surface area (Å²) in [5, 5.41) is 73.1. The van der Waals surface area contributed by atoms with Crippen molar-refractivity contribution in [3.8, 4) is 0 Å². The van der Waals surface area contributed by atoms with Crippen LogP contribution in [0.2, 0.25) is 5.02 Å². The first-order chi connectivity index (χ1) is 63.8. The van der Waals surface area contributed by atoms with Crippen LogP contribution < -0.4 is 29.4 Å². The maximum atomic E-state index is 13.5. The molecular formula is C97H105ClF6N20O7. The first-order valence-electron chi connectivity index (χ1n) is 43.5. The fourth-order valence-corrected chi connectivity index (χ4v) is 16.7. The first kappa shape index (κ1) is 93.8. The van der Waals surface area contributed by atoms with Crippen LogP contribution in [-0.4, -0.2) is 184 Å². The van der Waals surface area contributed by atoms with Crippen molar-refractivity contribution in [3.05, 3.63) is 376 Å². The lowest BCUT2D eigenvalue weighted by atomic mass is 9.98. The number of H-pyrrole nitrogens is 7. The predicted octanol–water partition coefficient (Wildman–Crippen LogP) is 15.8. The van der Waals surface area contributed by atoms with Crippen LogP contribution in [-0.2, 0) is 6.42 Å². The number of rotatable bonds is 22. The van der Waals surface area contributed by atoms with Crippen LogP contribution in [0.4, 0.5) is 60.5 Å². The van der Waals surface area contributed by atoms with E-state index < -0.39 is 42.7 Å². The number of aliphatic hydroxyl groups is 7. The Labute approximate surface area is 758 Å². The van der Waals surface area contributed by atoms with Gasteiger partial charge in [-0.15, -0.1) is 0 Å². The molecular weight excluding hydrogens is 1710 g/mol. The molecule has 20 rings (SSSR count). The maximum Gasteiger partial charge on any atom is 0.139 e. The largest absolute Gasteiger partial charge is 0.380 e. The van der Waals surface area contributed by atoms with Gasteiger partial charge in [0, 0.05) is 238 Å². The van der Waals surface area contributed by atoms with E-state index in [1.165, 1.54) is 72.8 Å². The van der Waals surface area contributed by atoms with E-state index in [2.05, 4.69) is 91.4 Å². The molecule has 0 spiro atoms. The van der Waals surface area contributed by atoms with Gasteiger partial charge in [-0.2, -0.15) is 0 Å². The van der Waals surface area contributed by atoms with E-state index in [4.69, 9.17) is 11.6 Å². The van der Waals surface area contributed by atoms with Gasteiger partial charge in [0.1, 0.15) is 118 Å². The number of hydrogen-bond acceptors (Lipinski definition) is 20. The van der Waals surface area contributed by atoms with Crippen LogP contribution in [0.15, 0.2) is 251 Å². The summed E-state index contributed by atoms with van der Waals surface area (Å²) >= 11 is 6.17. The molecule has 7 atom stereocenters. The van der Waals surface area contributed by atoms with Gasteiger partial charge in [0.15, 0.2) is 0 Å². The highest BCUT2D eigenvalue weighted by molar-refractivity contribution is 6.31. The van der Waals surface area contributed by atoms with Gasteiger partial charge in [0.25, 0.3) is 0 Å². The highest BCUT2D eigenvalue weighted by Gasteiger charge is 2.30. The second-order valence-electron chi connectivity index (χ2n) is 31.6. The van der Waals surface area contributed by atoms with Crippen molar-refractivity contribution in [3.63, 3.8) is 0 Å². The molecule has 0 amide bonds. The van der Waals surface area contributed by atoms with E-state index >= 15 is 0 Å². The molecule has 13 heterocycles. The van der Waals surface area contributed by atoms with Crippen molar-refractivity contribution in [2.24, 2.45) is 0 Å². The third-order valence-electron chi connectivity index (χ3n) is 22.9. The van der Waals surface area contributed by atoms with Gasteiger partial charge in [0.2, 0.25) is 0 Å². The minimum absolute atomic E-state index is 0.280. The fraction of sp³-hybridized carbons (Fsp3) is 0.289. The van der Waals surface area contributed by atoms with Crippen LogP contribution in [0.5, 0.6) is 0 Å². The zero-order chi connectivity index (χ0) is 91.7.